The maximum absolute atomic E-state index is 5.58. The van der Waals surface area contributed by atoms with Crippen LogP contribution in [-0.4, -0.2) is 58.5 Å². The van der Waals surface area contributed by atoms with Gasteiger partial charge >= 0.3 is 0 Å². The molecule has 7 heteroatoms. The van der Waals surface area contributed by atoms with Crippen molar-refractivity contribution in [3.63, 3.8) is 0 Å². The molecule has 2 saturated heterocycles. The van der Waals surface area contributed by atoms with Crippen LogP contribution >= 0.6 is 24.8 Å². The molecule has 2 heterocycles. The lowest BCUT2D eigenvalue weighted by atomic mass is 9.85. The molecule has 2 aliphatic heterocycles. The van der Waals surface area contributed by atoms with Gasteiger partial charge in [-0.2, -0.15) is 0 Å². The van der Waals surface area contributed by atoms with Crippen LogP contribution in [0.3, 0.4) is 0 Å². The van der Waals surface area contributed by atoms with Gasteiger partial charge in [-0.1, -0.05) is 0 Å². The minimum absolute atomic E-state index is 0. The summed E-state index contributed by atoms with van der Waals surface area (Å²) in [7, 11) is 3.43. The van der Waals surface area contributed by atoms with E-state index in [9.17, 15) is 0 Å². The second kappa shape index (κ2) is 11.1. The van der Waals surface area contributed by atoms with Crippen LogP contribution in [0.5, 0.6) is 11.5 Å². The van der Waals surface area contributed by atoms with Gasteiger partial charge in [-0.05, 0) is 36.5 Å². The normalized spacial score (nSPS) is 20.1. The highest BCUT2D eigenvalue weighted by atomic mass is 35.5. The number of hydrogen-bond donors (Lipinski definition) is 1. The predicted octanol–water partition coefficient (Wildman–Crippen LogP) is 2.92. The number of ether oxygens (including phenoxy) is 3. The van der Waals surface area contributed by atoms with Crippen molar-refractivity contribution in [1.82, 2.24) is 10.2 Å². The molecule has 2 aliphatic rings. The number of nitrogens with one attached hydrogen (secondary N) is 1. The van der Waals surface area contributed by atoms with Crippen molar-refractivity contribution in [2.75, 3.05) is 53.6 Å². The third-order valence-electron chi connectivity index (χ3n) is 4.97. The van der Waals surface area contributed by atoms with Crippen molar-refractivity contribution in [2.24, 2.45) is 5.92 Å². The maximum Gasteiger partial charge on any atom is 0.122 e. The number of hydrogen-bond acceptors (Lipinski definition) is 5. The van der Waals surface area contributed by atoms with Crippen molar-refractivity contribution in [2.45, 2.75) is 18.9 Å². The van der Waals surface area contributed by atoms with E-state index in [0.717, 1.165) is 63.7 Å². The molecular formula is C18H30Cl2N2O3. The molecule has 0 spiro atoms. The third kappa shape index (κ3) is 5.63. The van der Waals surface area contributed by atoms with E-state index in [1.165, 1.54) is 5.56 Å². The first-order valence-electron chi connectivity index (χ1n) is 8.57. The average molecular weight is 393 g/mol. The Morgan fingerprint density at radius 1 is 1.00 bits per heavy atom. The van der Waals surface area contributed by atoms with Crippen LogP contribution in [0, 0.1) is 5.92 Å². The molecule has 144 valence electrons. The number of nitrogens with zero attached hydrogens (tertiary/aromatic N) is 1. The van der Waals surface area contributed by atoms with E-state index in [4.69, 9.17) is 14.2 Å². The lowest BCUT2D eigenvalue weighted by Gasteiger charge is -2.41. The third-order valence-corrected chi connectivity index (χ3v) is 4.97. The molecule has 0 unspecified atom stereocenters. The van der Waals surface area contributed by atoms with Gasteiger partial charge < -0.3 is 19.5 Å². The van der Waals surface area contributed by atoms with Crippen molar-refractivity contribution >= 4 is 24.8 Å². The van der Waals surface area contributed by atoms with Crippen molar-refractivity contribution < 1.29 is 14.2 Å². The summed E-state index contributed by atoms with van der Waals surface area (Å²) >= 11 is 0. The Bertz CT molecular complexity index is 467. The van der Waals surface area contributed by atoms with E-state index in [2.05, 4.69) is 22.3 Å². The lowest BCUT2D eigenvalue weighted by molar-refractivity contribution is 0.0212. The Morgan fingerprint density at radius 2 is 1.56 bits per heavy atom. The molecular weight excluding hydrogens is 363 g/mol. The van der Waals surface area contributed by atoms with Gasteiger partial charge in [0.15, 0.2) is 0 Å². The molecule has 0 aliphatic carbocycles. The van der Waals surface area contributed by atoms with Crippen LogP contribution in [0.4, 0.5) is 0 Å². The highest BCUT2D eigenvalue weighted by Crippen LogP contribution is 2.38. The van der Waals surface area contributed by atoms with Gasteiger partial charge in [-0.15, -0.1) is 24.8 Å². The van der Waals surface area contributed by atoms with Crippen LogP contribution in [0.25, 0.3) is 0 Å². The molecule has 3 rings (SSSR count). The monoisotopic (exact) mass is 392 g/mol. The molecule has 1 aromatic rings. The first kappa shape index (κ1) is 22.3. The van der Waals surface area contributed by atoms with Crippen LogP contribution in [0.15, 0.2) is 18.2 Å². The number of methoxy groups -OCH3 is 2. The zero-order valence-electron chi connectivity index (χ0n) is 15.0. The van der Waals surface area contributed by atoms with Crippen LogP contribution in [-0.2, 0) is 4.74 Å². The first-order chi connectivity index (χ1) is 11.3. The molecule has 1 atom stereocenters. The Kier molecular flexibility index (Phi) is 9.90. The fraction of sp³-hybridized carbons (Fsp3) is 0.667. The van der Waals surface area contributed by atoms with Crippen molar-refractivity contribution in [3.05, 3.63) is 23.8 Å². The second-order valence-corrected chi connectivity index (χ2v) is 6.33. The molecule has 0 radical (unpaired) electrons. The zero-order chi connectivity index (χ0) is 16.1. The minimum atomic E-state index is 0. The highest BCUT2D eigenvalue weighted by Gasteiger charge is 2.31. The van der Waals surface area contributed by atoms with E-state index in [0.29, 0.717) is 12.0 Å². The Hall–Kier alpha value is -0.720. The number of rotatable bonds is 5. The molecule has 25 heavy (non-hydrogen) atoms. The Morgan fingerprint density at radius 3 is 2.08 bits per heavy atom. The number of halogens is 2. The van der Waals surface area contributed by atoms with Crippen molar-refractivity contribution in [3.8, 4) is 11.5 Å². The number of benzene rings is 1. The fourth-order valence-electron chi connectivity index (χ4n) is 3.77. The van der Waals surface area contributed by atoms with Crippen LogP contribution < -0.4 is 14.8 Å². The van der Waals surface area contributed by atoms with Gasteiger partial charge in [0.05, 0.1) is 14.2 Å². The highest BCUT2D eigenvalue weighted by molar-refractivity contribution is 5.85. The molecule has 2 fully saturated rings. The summed E-state index contributed by atoms with van der Waals surface area (Å²) in [6.45, 7) is 6.02. The van der Waals surface area contributed by atoms with E-state index in [1.807, 2.05) is 6.07 Å². The number of piperazine rings is 1. The Balaban J connectivity index is 0.00000156. The zero-order valence-corrected chi connectivity index (χ0v) is 16.7. The van der Waals surface area contributed by atoms with Crippen LogP contribution in [0.2, 0.25) is 0 Å². The molecule has 0 bridgehead atoms. The summed E-state index contributed by atoms with van der Waals surface area (Å²) in [4.78, 5) is 2.61. The van der Waals surface area contributed by atoms with E-state index in [1.54, 1.807) is 14.2 Å². The first-order valence-corrected chi connectivity index (χ1v) is 8.57. The average Bonchev–Trinajstić information content (AvgIpc) is 2.63. The predicted molar refractivity (Wildman–Crippen MR) is 105 cm³/mol. The lowest BCUT2D eigenvalue weighted by Crippen LogP contribution is -2.47. The topological polar surface area (TPSA) is 43.0 Å². The molecule has 0 amide bonds. The summed E-state index contributed by atoms with van der Waals surface area (Å²) in [6, 6.07) is 6.70. The summed E-state index contributed by atoms with van der Waals surface area (Å²) in [5, 5.41) is 3.45. The fourth-order valence-corrected chi connectivity index (χ4v) is 3.77. The van der Waals surface area contributed by atoms with Gasteiger partial charge in [-0.25, -0.2) is 0 Å². The molecule has 5 nitrogen and oxygen atoms in total. The van der Waals surface area contributed by atoms with Gasteiger partial charge in [0.2, 0.25) is 0 Å². The largest absolute Gasteiger partial charge is 0.497 e. The van der Waals surface area contributed by atoms with Gasteiger partial charge in [-0.3, -0.25) is 4.90 Å². The van der Waals surface area contributed by atoms with E-state index < -0.39 is 0 Å². The minimum Gasteiger partial charge on any atom is -0.497 e. The quantitative estimate of drug-likeness (QED) is 0.834. The summed E-state index contributed by atoms with van der Waals surface area (Å²) in [5.41, 5.74) is 1.30. The molecule has 0 aromatic heterocycles. The van der Waals surface area contributed by atoms with Crippen LogP contribution in [0.1, 0.15) is 24.4 Å². The van der Waals surface area contributed by atoms with Gasteiger partial charge in [0, 0.05) is 51.5 Å². The smallest absolute Gasteiger partial charge is 0.122 e. The van der Waals surface area contributed by atoms with E-state index >= 15 is 0 Å². The Labute approximate surface area is 163 Å². The van der Waals surface area contributed by atoms with Gasteiger partial charge in [0.25, 0.3) is 0 Å². The molecule has 1 N–H and O–H groups in total. The van der Waals surface area contributed by atoms with Crippen molar-refractivity contribution in [1.29, 1.82) is 0 Å². The summed E-state index contributed by atoms with van der Waals surface area (Å²) in [6.07, 6.45) is 2.24. The second-order valence-electron chi connectivity index (χ2n) is 6.33. The summed E-state index contributed by atoms with van der Waals surface area (Å²) in [5.74, 6) is 2.36. The molecule has 1 aromatic carbocycles. The van der Waals surface area contributed by atoms with Gasteiger partial charge in [0.1, 0.15) is 11.5 Å². The standard InChI is InChI=1S/C18H28N2O3.2ClH/c1-21-16-11-15(12-17(13-16)22-2)18(14-3-9-23-10-4-14)20-7-5-19-6-8-20;;/h11-14,18-19H,3-10H2,1-2H3;2*1H/t18-;;/m1../s1. The maximum atomic E-state index is 5.58. The molecule has 0 saturated carbocycles. The van der Waals surface area contributed by atoms with E-state index in [-0.39, 0.29) is 24.8 Å². The SMILES string of the molecule is COc1cc(OC)cc([C@@H](C2CCOCC2)N2CCNCC2)c1.Cl.Cl. The summed E-state index contributed by atoms with van der Waals surface area (Å²) < 4.78 is 16.6.